The number of allylic oxidation sites excluding steroid dienone is 20. The molecule has 0 heterocycles. The van der Waals surface area contributed by atoms with Crippen LogP contribution in [0.2, 0.25) is 0 Å². The number of carbonyl (C=O) groups is 3. The molecule has 0 aromatic heterocycles. The van der Waals surface area contributed by atoms with Crippen molar-refractivity contribution in [3.05, 3.63) is 122 Å². The molecule has 0 amide bonds. The molecule has 0 saturated carbocycles. The molecule has 0 fully saturated rings. The highest BCUT2D eigenvalue weighted by atomic mass is 16.6. The molecular formula is C57H90O6. The van der Waals surface area contributed by atoms with Gasteiger partial charge in [0.2, 0.25) is 0 Å². The van der Waals surface area contributed by atoms with E-state index < -0.39 is 6.10 Å². The van der Waals surface area contributed by atoms with Crippen LogP contribution in [0.5, 0.6) is 0 Å². The summed E-state index contributed by atoms with van der Waals surface area (Å²) in [6.07, 6.45) is 69.1. The van der Waals surface area contributed by atoms with Crippen LogP contribution in [0.3, 0.4) is 0 Å². The zero-order valence-corrected chi connectivity index (χ0v) is 40.3. The molecule has 1 atom stereocenters. The van der Waals surface area contributed by atoms with Gasteiger partial charge in [0.25, 0.3) is 0 Å². The van der Waals surface area contributed by atoms with E-state index in [-0.39, 0.29) is 44.0 Å². The van der Waals surface area contributed by atoms with Gasteiger partial charge in [-0.2, -0.15) is 0 Å². The smallest absolute Gasteiger partial charge is 0.306 e. The van der Waals surface area contributed by atoms with Crippen LogP contribution >= 0.6 is 0 Å². The molecule has 6 heteroatoms. The quantitative estimate of drug-likeness (QED) is 0.0263. The minimum atomic E-state index is -0.826. The van der Waals surface area contributed by atoms with Crippen molar-refractivity contribution in [1.29, 1.82) is 0 Å². The maximum atomic E-state index is 12.8. The third-order valence-corrected chi connectivity index (χ3v) is 9.94. The number of unbranched alkanes of at least 4 members (excludes halogenated alkanes) is 12. The largest absolute Gasteiger partial charge is 0.462 e. The van der Waals surface area contributed by atoms with Crippen molar-refractivity contribution in [2.24, 2.45) is 0 Å². The number of rotatable bonds is 43. The van der Waals surface area contributed by atoms with Crippen LogP contribution in [-0.2, 0) is 28.6 Å². The van der Waals surface area contributed by atoms with Crippen molar-refractivity contribution in [2.75, 3.05) is 13.2 Å². The lowest BCUT2D eigenvalue weighted by atomic mass is 10.1. The Kier molecular flexibility index (Phi) is 47.1. The second kappa shape index (κ2) is 50.5. The summed E-state index contributed by atoms with van der Waals surface area (Å²) in [7, 11) is 0. The number of hydrogen-bond donors (Lipinski definition) is 0. The highest BCUT2D eigenvalue weighted by Gasteiger charge is 2.19. The van der Waals surface area contributed by atoms with Gasteiger partial charge in [-0.25, -0.2) is 0 Å². The van der Waals surface area contributed by atoms with Crippen LogP contribution in [0, 0.1) is 0 Å². The summed E-state index contributed by atoms with van der Waals surface area (Å²) in [6.45, 7) is 6.27. The molecule has 0 bridgehead atoms. The normalized spacial score (nSPS) is 13.1. The van der Waals surface area contributed by atoms with Crippen LogP contribution in [0.25, 0.3) is 0 Å². The Balaban J connectivity index is 4.56. The maximum absolute atomic E-state index is 12.8. The Morgan fingerprint density at radius 1 is 0.333 bits per heavy atom. The number of carbonyl (C=O) groups excluding carboxylic acids is 3. The van der Waals surface area contributed by atoms with E-state index in [1.807, 2.05) is 12.2 Å². The zero-order chi connectivity index (χ0) is 45.8. The molecule has 6 nitrogen and oxygen atoms in total. The van der Waals surface area contributed by atoms with Crippen molar-refractivity contribution in [3.63, 3.8) is 0 Å². The molecule has 0 aliphatic rings. The Morgan fingerprint density at radius 2 is 0.651 bits per heavy atom. The number of hydrogen-bond acceptors (Lipinski definition) is 6. The predicted octanol–water partition coefficient (Wildman–Crippen LogP) is 16.5. The Bertz CT molecular complexity index is 1370. The van der Waals surface area contributed by atoms with Gasteiger partial charge in [0, 0.05) is 19.3 Å². The van der Waals surface area contributed by atoms with E-state index in [1.165, 1.54) is 32.1 Å². The lowest BCUT2D eigenvalue weighted by molar-refractivity contribution is -0.166. The summed E-state index contributed by atoms with van der Waals surface area (Å²) in [6, 6.07) is 0. The van der Waals surface area contributed by atoms with E-state index in [0.29, 0.717) is 12.8 Å². The molecule has 0 aromatic rings. The monoisotopic (exact) mass is 871 g/mol. The van der Waals surface area contributed by atoms with E-state index in [2.05, 4.69) is 130 Å². The first-order valence-corrected chi connectivity index (χ1v) is 25.0. The summed E-state index contributed by atoms with van der Waals surface area (Å²) in [5.41, 5.74) is 0. The fourth-order valence-electron chi connectivity index (χ4n) is 6.24. The van der Waals surface area contributed by atoms with Crippen molar-refractivity contribution >= 4 is 17.9 Å². The SMILES string of the molecule is CC/C=C\C/C=C\C/C=C\C/C=C\C/C=C\C/C=C\CCC(=O)OCC(COC(=O)CCCCCCC/C=C\CCCCC)OC(=O)CCCCCC/C=C\C/C=C\C/C=C\CC. The molecule has 354 valence electrons. The molecule has 0 aliphatic carbocycles. The molecule has 0 saturated heterocycles. The first kappa shape index (κ1) is 58.8. The fourth-order valence-corrected chi connectivity index (χ4v) is 6.24. The molecular weight excluding hydrogens is 781 g/mol. The summed E-state index contributed by atoms with van der Waals surface area (Å²) in [5, 5.41) is 0. The predicted molar refractivity (Wildman–Crippen MR) is 269 cm³/mol. The van der Waals surface area contributed by atoms with Gasteiger partial charge in [-0.3, -0.25) is 14.4 Å². The van der Waals surface area contributed by atoms with Crippen molar-refractivity contribution in [3.8, 4) is 0 Å². The van der Waals surface area contributed by atoms with E-state index in [0.717, 1.165) is 122 Å². The average molecular weight is 871 g/mol. The Hall–Kier alpha value is -4.19. The Labute approximate surface area is 386 Å². The molecule has 1 unspecified atom stereocenters. The minimum absolute atomic E-state index is 0.118. The van der Waals surface area contributed by atoms with Crippen LogP contribution in [-0.4, -0.2) is 37.2 Å². The molecule has 0 rings (SSSR count). The molecule has 63 heavy (non-hydrogen) atoms. The highest BCUT2D eigenvalue weighted by molar-refractivity contribution is 5.71. The molecule has 0 aliphatic heterocycles. The molecule has 0 N–H and O–H groups in total. The van der Waals surface area contributed by atoms with E-state index in [9.17, 15) is 14.4 Å². The van der Waals surface area contributed by atoms with Crippen molar-refractivity contribution in [1.82, 2.24) is 0 Å². The lowest BCUT2D eigenvalue weighted by Crippen LogP contribution is -2.30. The molecule has 0 spiro atoms. The topological polar surface area (TPSA) is 78.9 Å². The second-order valence-electron chi connectivity index (χ2n) is 16.0. The van der Waals surface area contributed by atoms with Gasteiger partial charge in [-0.05, 0) is 116 Å². The highest BCUT2D eigenvalue weighted by Crippen LogP contribution is 2.12. The zero-order valence-electron chi connectivity index (χ0n) is 40.3. The number of esters is 3. The van der Waals surface area contributed by atoms with Gasteiger partial charge < -0.3 is 14.2 Å². The van der Waals surface area contributed by atoms with Gasteiger partial charge >= 0.3 is 17.9 Å². The van der Waals surface area contributed by atoms with Gasteiger partial charge in [0.05, 0.1) is 0 Å². The van der Waals surface area contributed by atoms with Crippen LogP contribution < -0.4 is 0 Å². The third kappa shape index (κ3) is 48.7. The summed E-state index contributed by atoms with van der Waals surface area (Å²) in [4.78, 5) is 37.9. The molecule has 0 radical (unpaired) electrons. The molecule has 0 aromatic carbocycles. The van der Waals surface area contributed by atoms with Crippen LogP contribution in [0.15, 0.2) is 122 Å². The number of ether oxygens (including phenoxy) is 3. The van der Waals surface area contributed by atoms with E-state index in [4.69, 9.17) is 14.2 Å². The van der Waals surface area contributed by atoms with Crippen molar-refractivity contribution in [2.45, 2.75) is 207 Å². The minimum Gasteiger partial charge on any atom is -0.462 e. The van der Waals surface area contributed by atoms with Gasteiger partial charge in [-0.15, -0.1) is 0 Å². The van der Waals surface area contributed by atoms with Gasteiger partial charge in [0.1, 0.15) is 13.2 Å². The standard InChI is InChI=1S/C57H90O6/c1-4-7-10-13-16-19-22-25-27-28-29-30-31-33-35-38-41-44-47-50-56(59)62-53-54(52-61-55(58)49-46-43-40-37-34-24-21-18-15-12-9-6-3)63-57(60)51-48-45-42-39-36-32-26-23-20-17-14-11-8-5-2/h7-8,10-11,16-21,25-27,29-30,32-33,35,41,44,54H,4-6,9,12-15,22-24,28,31,34,36-40,42-43,45-53H2,1-3H3/b10-7-,11-8-,19-16-,20-17-,21-18-,27-25-,30-29-,32-26-,35-33-,44-41-. The third-order valence-electron chi connectivity index (χ3n) is 9.94. The average Bonchev–Trinajstić information content (AvgIpc) is 3.28. The first-order valence-electron chi connectivity index (χ1n) is 25.0. The van der Waals surface area contributed by atoms with Crippen LogP contribution in [0.4, 0.5) is 0 Å². The second-order valence-corrected chi connectivity index (χ2v) is 16.0. The maximum Gasteiger partial charge on any atom is 0.306 e. The summed E-state index contributed by atoms with van der Waals surface area (Å²) < 4.78 is 16.7. The summed E-state index contributed by atoms with van der Waals surface area (Å²) in [5.74, 6) is -1.05. The first-order chi connectivity index (χ1) is 31.0. The van der Waals surface area contributed by atoms with E-state index in [1.54, 1.807) is 0 Å². The van der Waals surface area contributed by atoms with Gasteiger partial charge in [0.15, 0.2) is 6.10 Å². The Morgan fingerprint density at radius 3 is 1.08 bits per heavy atom. The van der Waals surface area contributed by atoms with Crippen molar-refractivity contribution < 1.29 is 28.6 Å². The van der Waals surface area contributed by atoms with Crippen LogP contribution in [0.1, 0.15) is 201 Å². The van der Waals surface area contributed by atoms with Gasteiger partial charge in [-0.1, -0.05) is 187 Å². The lowest BCUT2D eigenvalue weighted by Gasteiger charge is -2.18. The summed E-state index contributed by atoms with van der Waals surface area (Å²) >= 11 is 0. The van der Waals surface area contributed by atoms with E-state index >= 15 is 0 Å². The fraction of sp³-hybridized carbons (Fsp3) is 0.596.